The minimum absolute atomic E-state index is 0.215. The van der Waals surface area contributed by atoms with Crippen LogP contribution >= 0.6 is 0 Å². The van der Waals surface area contributed by atoms with Crippen LogP contribution in [0.1, 0.15) is 29.6 Å². The minimum atomic E-state index is -4.69. The number of aromatic nitrogens is 2. The minimum Gasteiger partial charge on any atom is -0.352 e. The third-order valence-electron chi connectivity index (χ3n) is 2.59. The van der Waals surface area contributed by atoms with Crippen LogP contribution in [0.4, 0.5) is 13.2 Å². The third kappa shape index (κ3) is 3.59. The van der Waals surface area contributed by atoms with E-state index in [4.69, 9.17) is 0 Å². The molecule has 1 aromatic heterocycles. The van der Waals surface area contributed by atoms with Crippen molar-refractivity contribution in [2.75, 3.05) is 6.54 Å². The van der Waals surface area contributed by atoms with Crippen molar-refractivity contribution in [2.45, 2.75) is 19.5 Å². The molecular formula is C13H12F3N3O2. The maximum Gasteiger partial charge on any atom is 0.471 e. The van der Waals surface area contributed by atoms with Crippen molar-refractivity contribution >= 4 is 5.91 Å². The summed E-state index contributed by atoms with van der Waals surface area (Å²) in [6.45, 7) is 2.43. The van der Waals surface area contributed by atoms with Gasteiger partial charge in [-0.25, -0.2) is 0 Å². The number of amides is 1. The molecule has 0 fully saturated rings. The molecule has 8 heteroatoms. The zero-order chi connectivity index (χ0) is 15.5. The Hall–Kier alpha value is -2.38. The molecule has 0 spiro atoms. The van der Waals surface area contributed by atoms with E-state index in [0.29, 0.717) is 12.1 Å². The van der Waals surface area contributed by atoms with Crippen molar-refractivity contribution in [3.05, 3.63) is 35.7 Å². The predicted molar refractivity (Wildman–Crippen MR) is 67.4 cm³/mol. The summed E-state index contributed by atoms with van der Waals surface area (Å²) in [5.41, 5.74) is 0.595. The molecule has 0 saturated carbocycles. The second-order valence-corrected chi connectivity index (χ2v) is 4.26. The second-order valence-electron chi connectivity index (χ2n) is 4.26. The molecule has 5 nitrogen and oxygen atoms in total. The monoisotopic (exact) mass is 299 g/mol. The molecule has 0 bridgehead atoms. The molecule has 0 unspecified atom stereocenters. The largest absolute Gasteiger partial charge is 0.471 e. The smallest absolute Gasteiger partial charge is 0.352 e. The van der Waals surface area contributed by atoms with Crippen molar-refractivity contribution in [3.8, 4) is 11.4 Å². The number of nitrogens with zero attached hydrogens (tertiary/aromatic N) is 2. The molecule has 0 radical (unpaired) electrons. The highest BCUT2D eigenvalue weighted by Crippen LogP contribution is 2.29. The lowest BCUT2D eigenvalue weighted by atomic mass is 10.1. The molecule has 1 amide bonds. The lowest BCUT2D eigenvalue weighted by Crippen LogP contribution is -2.23. The summed E-state index contributed by atoms with van der Waals surface area (Å²) < 4.78 is 41.4. The van der Waals surface area contributed by atoms with Crippen molar-refractivity contribution in [2.24, 2.45) is 0 Å². The first-order chi connectivity index (χ1) is 9.91. The Bertz CT molecular complexity index is 638. The van der Waals surface area contributed by atoms with Gasteiger partial charge in [-0.05, 0) is 18.6 Å². The molecule has 0 aliphatic heterocycles. The average molecular weight is 299 g/mol. The first-order valence-electron chi connectivity index (χ1n) is 6.21. The predicted octanol–water partition coefficient (Wildman–Crippen LogP) is 2.90. The lowest BCUT2D eigenvalue weighted by Gasteiger charge is -2.04. The summed E-state index contributed by atoms with van der Waals surface area (Å²) in [6.07, 6.45) is -3.91. The fraction of sp³-hybridized carbons (Fsp3) is 0.308. The zero-order valence-corrected chi connectivity index (χ0v) is 11.1. The van der Waals surface area contributed by atoms with Gasteiger partial charge in [0, 0.05) is 17.7 Å². The Labute approximate surface area is 118 Å². The van der Waals surface area contributed by atoms with Crippen molar-refractivity contribution in [3.63, 3.8) is 0 Å². The normalized spacial score (nSPS) is 11.4. The van der Waals surface area contributed by atoms with Gasteiger partial charge in [-0.3, -0.25) is 4.79 Å². The van der Waals surface area contributed by atoms with Gasteiger partial charge in [0.25, 0.3) is 5.91 Å². The first kappa shape index (κ1) is 15.0. The fourth-order valence-corrected chi connectivity index (χ4v) is 1.60. The molecular weight excluding hydrogens is 287 g/mol. The Kier molecular flexibility index (Phi) is 4.25. The lowest BCUT2D eigenvalue weighted by molar-refractivity contribution is -0.159. The average Bonchev–Trinajstić information content (AvgIpc) is 2.95. The molecule has 1 aromatic carbocycles. The van der Waals surface area contributed by atoms with Crippen LogP contribution in [-0.4, -0.2) is 22.6 Å². The fourth-order valence-electron chi connectivity index (χ4n) is 1.60. The number of alkyl halides is 3. The maximum atomic E-state index is 12.4. The van der Waals surface area contributed by atoms with Gasteiger partial charge in [-0.2, -0.15) is 18.2 Å². The number of carbonyl (C=O) groups excluding carboxylic acids is 1. The number of rotatable bonds is 4. The van der Waals surface area contributed by atoms with Crippen LogP contribution < -0.4 is 5.32 Å². The van der Waals surface area contributed by atoms with Crippen LogP contribution in [0, 0.1) is 0 Å². The molecule has 1 N–H and O–H groups in total. The molecule has 0 aliphatic rings. The van der Waals surface area contributed by atoms with Gasteiger partial charge < -0.3 is 9.84 Å². The van der Waals surface area contributed by atoms with Gasteiger partial charge >= 0.3 is 12.1 Å². The molecule has 0 atom stereocenters. The SMILES string of the molecule is CCCNC(=O)c1cccc(-c2noc(C(F)(F)F)n2)c1. The van der Waals surface area contributed by atoms with Crippen LogP contribution in [0.15, 0.2) is 28.8 Å². The Morgan fingerprint density at radius 3 is 2.76 bits per heavy atom. The van der Waals surface area contributed by atoms with Gasteiger partial charge in [0.1, 0.15) is 0 Å². The van der Waals surface area contributed by atoms with Crippen LogP contribution in [0.5, 0.6) is 0 Å². The van der Waals surface area contributed by atoms with E-state index in [0.717, 1.165) is 6.42 Å². The van der Waals surface area contributed by atoms with Crippen molar-refractivity contribution in [1.29, 1.82) is 0 Å². The van der Waals surface area contributed by atoms with Gasteiger partial charge in [-0.1, -0.05) is 24.2 Å². The molecule has 2 aromatic rings. The summed E-state index contributed by atoms with van der Waals surface area (Å²) in [4.78, 5) is 15.1. The highest BCUT2D eigenvalue weighted by molar-refractivity contribution is 5.95. The summed E-state index contributed by atoms with van der Waals surface area (Å²) in [6, 6.07) is 6.01. The van der Waals surface area contributed by atoms with Crippen LogP contribution in [0.2, 0.25) is 0 Å². The Balaban J connectivity index is 2.25. The molecule has 2 rings (SSSR count). The molecule has 112 valence electrons. The third-order valence-corrected chi connectivity index (χ3v) is 2.59. The standard InChI is InChI=1S/C13H12F3N3O2/c1-2-6-17-11(20)9-5-3-4-8(7-9)10-18-12(21-19-10)13(14,15)16/h3-5,7H,2,6H2,1H3,(H,17,20). The first-order valence-corrected chi connectivity index (χ1v) is 6.21. The number of hydrogen-bond donors (Lipinski definition) is 1. The van der Waals surface area contributed by atoms with E-state index >= 15 is 0 Å². The highest BCUT2D eigenvalue weighted by atomic mass is 19.4. The van der Waals surface area contributed by atoms with Crippen molar-refractivity contribution in [1.82, 2.24) is 15.5 Å². The van der Waals surface area contributed by atoms with E-state index in [1.54, 1.807) is 12.1 Å². The van der Waals surface area contributed by atoms with Gasteiger partial charge in [-0.15, -0.1) is 0 Å². The molecule has 1 heterocycles. The van der Waals surface area contributed by atoms with E-state index in [-0.39, 0.29) is 17.3 Å². The number of nitrogens with one attached hydrogen (secondary N) is 1. The highest BCUT2D eigenvalue weighted by Gasteiger charge is 2.38. The zero-order valence-electron chi connectivity index (χ0n) is 11.1. The van der Waals surface area contributed by atoms with Crippen LogP contribution in [-0.2, 0) is 6.18 Å². The van der Waals surface area contributed by atoms with E-state index in [1.807, 2.05) is 6.92 Å². The van der Waals surface area contributed by atoms with E-state index < -0.39 is 12.1 Å². The van der Waals surface area contributed by atoms with E-state index in [9.17, 15) is 18.0 Å². The van der Waals surface area contributed by atoms with Crippen LogP contribution in [0.25, 0.3) is 11.4 Å². The van der Waals surface area contributed by atoms with Gasteiger partial charge in [0.15, 0.2) is 0 Å². The summed E-state index contributed by atoms with van der Waals surface area (Å²) >= 11 is 0. The Morgan fingerprint density at radius 1 is 1.38 bits per heavy atom. The second kappa shape index (κ2) is 5.94. The maximum absolute atomic E-state index is 12.4. The quantitative estimate of drug-likeness (QED) is 0.942. The Morgan fingerprint density at radius 2 is 2.14 bits per heavy atom. The van der Waals surface area contributed by atoms with E-state index in [1.165, 1.54) is 12.1 Å². The molecule has 21 heavy (non-hydrogen) atoms. The van der Waals surface area contributed by atoms with Gasteiger partial charge in [0.2, 0.25) is 5.82 Å². The number of halogens is 3. The number of carbonyl (C=O) groups is 1. The topological polar surface area (TPSA) is 68.0 Å². The molecule has 0 aliphatic carbocycles. The van der Waals surface area contributed by atoms with Gasteiger partial charge in [0.05, 0.1) is 0 Å². The van der Waals surface area contributed by atoms with Crippen LogP contribution in [0.3, 0.4) is 0 Å². The molecule has 0 saturated heterocycles. The summed E-state index contributed by atoms with van der Waals surface area (Å²) in [5, 5.41) is 5.95. The number of benzene rings is 1. The summed E-state index contributed by atoms with van der Waals surface area (Å²) in [5.74, 6) is -1.94. The number of hydrogen-bond acceptors (Lipinski definition) is 4. The summed E-state index contributed by atoms with van der Waals surface area (Å²) in [7, 11) is 0. The van der Waals surface area contributed by atoms with Crippen molar-refractivity contribution < 1.29 is 22.5 Å². The van der Waals surface area contributed by atoms with E-state index in [2.05, 4.69) is 20.0 Å².